The third-order valence-corrected chi connectivity index (χ3v) is 6.28. The van der Waals surface area contributed by atoms with E-state index in [-0.39, 0.29) is 5.91 Å². The fourth-order valence-electron chi connectivity index (χ4n) is 3.47. The summed E-state index contributed by atoms with van der Waals surface area (Å²) in [5.41, 5.74) is 4.16. The zero-order chi connectivity index (χ0) is 21.8. The Labute approximate surface area is 186 Å². The number of fused-ring (bicyclic) bond motifs is 2. The first kappa shape index (κ1) is 21.2. The second-order valence-corrected chi connectivity index (χ2v) is 8.24. The number of amides is 1. The van der Waals surface area contributed by atoms with E-state index in [1.165, 1.54) is 0 Å². The van der Waals surface area contributed by atoms with Crippen molar-refractivity contribution in [2.75, 3.05) is 34.4 Å². The van der Waals surface area contributed by atoms with Gasteiger partial charge in [-0.15, -0.1) is 0 Å². The molecule has 0 unspecified atom stereocenters. The van der Waals surface area contributed by atoms with Crippen molar-refractivity contribution in [3.8, 4) is 5.75 Å². The van der Waals surface area contributed by atoms with Crippen LogP contribution in [0.25, 0.3) is 0 Å². The molecule has 0 saturated carbocycles. The number of methoxy groups -OCH3 is 2. The SMILES string of the molecule is COCCN(C)C(=O)c1ccc2c(c1)N=C(c1ccccc1OC)c1ccccc1S2. The van der Waals surface area contributed by atoms with Crippen LogP contribution in [0.1, 0.15) is 21.5 Å². The number of hydrogen-bond acceptors (Lipinski definition) is 5. The van der Waals surface area contributed by atoms with Gasteiger partial charge in [-0.1, -0.05) is 42.1 Å². The first-order valence-corrected chi connectivity index (χ1v) is 10.8. The van der Waals surface area contributed by atoms with E-state index >= 15 is 0 Å². The number of benzene rings is 3. The Morgan fingerprint density at radius 2 is 1.71 bits per heavy atom. The zero-order valence-electron chi connectivity index (χ0n) is 17.8. The first-order chi connectivity index (χ1) is 15.1. The van der Waals surface area contributed by atoms with Crippen LogP contribution in [0.3, 0.4) is 0 Å². The molecule has 0 bridgehead atoms. The molecule has 31 heavy (non-hydrogen) atoms. The van der Waals surface area contributed by atoms with Crippen molar-refractivity contribution in [3.63, 3.8) is 0 Å². The Kier molecular flexibility index (Phi) is 6.39. The number of aliphatic imine (C=N–C) groups is 1. The molecule has 1 aliphatic rings. The monoisotopic (exact) mass is 432 g/mol. The number of carbonyl (C=O) groups is 1. The van der Waals surface area contributed by atoms with Gasteiger partial charge in [0.05, 0.1) is 25.1 Å². The number of ether oxygens (including phenoxy) is 2. The summed E-state index contributed by atoms with van der Waals surface area (Å²) in [4.78, 5) is 21.7. The molecule has 3 aromatic rings. The molecule has 0 fully saturated rings. The van der Waals surface area contributed by atoms with Gasteiger partial charge >= 0.3 is 0 Å². The number of likely N-dealkylation sites (N-methyl/N-ethyl adjacent to an activating group) is 1. The summed E-state index contributed by atoms with van der Waals surface area (Å²) < 4.78 is 10.7. The highest BCUT2D eigenvalue weighted by Crippen LogP contribution is 2.42. The van der Waals surface area contributed by atoms with Crippen LogP contribution in [-0.4, -0.2) is 50.9 Å². The predicted molar refractivity (Wildman–Crippen MR) is 124 cm³/mol. The third kappa shape index (κ3) is 4.36. The van der Waals surface area contributed by atoms with Gasteiger partial charge in [0.2, 0.25) is 0 Å². The predicted octanol–water partition coefficient (Wildman–Crippen LogP) is 5.05. The lowest BCUT2D eigenvalue weighted by atomic mass is 10.0. The molecule has 0 spiro atoms. The van der Waals surface area contributed by atoms with Gasteiger partial charge in [-0.2, -0.15) is 0 Å². The summed E-state index contributed by atoms with van der Waals surface area (Å²) in [6.45, 7) is 1.02. The van der Waals surface area contributed by atoms with Gasteiger partial charge in [0.15, 0.2) is 0 Å². The zero-order valence-corrected chi connectivity index (χ0v) is 18.6. The Morgan fingerprint density at radius 3 is 2.48 bits per heavy atom. The highest BCUT2D eigenvalue weighted by Gasteiger charge is 2.22. The van der Waals surface area contributed by atoms with Gasteiger partial charge in [-0.25, -0.2) is 4.99 Å². The molecule has 0 N–H and O–H groups in total. The molecule has 0 saturated heterocycles. The quantitative estimate of drug-likeness (QED) is 0.428. The minimum absolute atomic E-state index is 0.0550. The molecule has 6 heteroatoms. The van der Waals surface area contributed by atoms with Crippen LogP contribution >= 0.6 is 11.8 Å². The summed E-state index contributed by atoms with van der Waals surface area (Å²) in [6, 6.07) is 21.8. The maximum atomic E-state index is 12.9. The van der Waals surface area contributed by atoms with E-state index < -0.39 is 0 Å². The number of hydrogen-bond donors (Lipinski definition) is 0. The molecule has 4 rings (SSSR count). The van der Waals surface area contributed by atoms with Crippen LogP contribution in [0.4, 0.5) is 5.69 Å². The van der Waals surface area contributed by atoms with Crippen LogP contribution in [0.15, 0.2) is 81.5 Å². The molecule has 158 valence electrons. The lowest BCUT2D eigenvalue weighted by Gasteiger charge is -2.17. The van der Waals surface area contributed by atoms with Gasteiger partial charge in [-0.3, -0.25) is 4.79 Å². The number of carbonyl (C=O) groups excluding carboxylic acids is 1. The molecule has 1 aliphatic heterocycles. The van der Waals surface area contributed by atoms with E-state index in [2.05, 4.69) is 12.1 Å². The maximum absolute atomic E-state index is 12.9. The Morgan fingerprint density at radius 1 is 0.968 bits per heavy atom. The van der Waals surface area contributed by atoms with E-state index in [1.807, 2.05) is 54.6 Å². The van der Waals surface area contributed by atoms with Gasteiger partial charge < -0.3 is 14.4 Å². The van der Waals surface area contributed by atoms with Crippen molar-refractivity contribution >= 4 is 29.1 Å². The van der Waals surface area contributed by atoms with Crippen molar-refractivity contribution in [2.45, 2.75) is 9.79 Å². The van der Waals surface area contributed by atoms with E-state index in [0.717, 1.165) is 38.1 Å². The Bertz CT molecular complexity index is 1140. The van der Waals surface area contributed by atoms with Crippen LogP contribution in [0.2, 0.25) is 0 Å². The minimum Gasteiger partial charge on any atom is -0.496 e. The van der Waals surface area contributed by atoms with Crippen LogP contribution in [-0.2, 0) is 4.74 Å². The van der Waals surface area contributed by atoms with Crippen molar-refractivity contribution in [3.05, 3.63) is 83.4 Å². The van der Waals surface area contributed by atoms with Crippen LogP contribution < -0.4 is 4.74 Å². The molecule has 0 aliphatic carbocycles. The fourth-order valence-corrected chi connectivity index (χ4v) is 4.47. The molecule has 3 aromatic carbocycles. The number of nitrogens with zero attached hydrogens (tertiary/aromatic N) is 2. The molecule has 1 amide bonds. The normalized spacial score (nSPS) is 12.3. The second kappa shape index (κ2) is 9.37. The van der Waals surface area contributed by atoms with Crippen molar-refractivity contribution in [1.29, 1.82) is 0 Å². The van der Waals surface area contributed by atoms with E-state index in [4.69, 9.17) is 14.5 Å². The van der Waals surface area contributed by atoms with Crippen molar-refractivity contribution < 1.29 is 14.3 Å². The largest absolute Gasteiger partial charge is 0.496 e. The molecular formula is C25H24N2O3S. The summed E-state index contributed by atoms with van der Waals surface area (Å²) in [7, 11) is 5.07. The molecule has 1 heterocycles. The van der Waals surface area contributed by atoms with Gasteiger partial charge in [0.1, 0.15) is 5.75 Å². The lowest BCUT2D eigenvalue weighted by Crippen LogP contribution is -2.29. The average Bonchev–Trinajstić information content (AvgIpc) is 2.98. The standard InChI is InChI=1S/C25H24N2O3S/c1-27(14-15-29-2)25(28)17-12-13-23-20(16-17)26-24(18-8-4-6-10-21(18)30-3)19-9-5-7-11-22(19)31-23/h4-13,16H,14-15H2,1-3H3. The summed E-state index contributed by atoms with van der Waals surface area (Å²) >= 11 is 1.66. The van der Waals surface area contributed by atoms with Crippen molar-refractivity contribution in [1.82, 2.24) is 4.90 Å². The summed E-state index contributed by atoms with van der Waals surface area (Å²) in [5.74, 6) is 0.705. The number of para-hydroxylation sites is 1. The molecule has 0 aromatic heterocycles. The molecular weight excluding hydrogens is 408 g/mol. The number of rotatable bonds is 6. The van der Waals surface area contributed by atoms with Gasteiger partial charge in [0.25, 0.3) is 5.91 Å². The summed E-state index contributed by atoms with van der Waals surface area (Å²) in [5, 5.41) is 0. The summed E-state index contributed by atoms with van der Waals surface area (Å²) in [6.07, 6.45) is 0. The highest BCUT2D eigenvalue weighted by molar-refractivity contribution is 7.99. The van der Waals surface area contributed by atoms with E-state index in [9.17, 15) is 4.79 Å². The smallest absolute Gasteiger partial charge is 0.253 e. The highest BCUT2D eigenvalue weighted by atomic mass is 32.2. The maximum Gasteiger partial charge on any atom is 0.253 e. The van der Waals surface area contributed by atoms with Gasteiger partial charge in [-0.05, 0) is 36.4 Å². The van der Waals surface area contributed by atoms with Crippen LogP contribution in [0.5, 0.6) is 5.75 Å². The van der Waals surface area contributed by atoms with Crippen molar-refractivity contribution in [2.24, 2.45) is 4.99 Å². The fraction of sp³-hybridized carbons (Fsp3) is 0.200. The third-order valence-electron chi connectivity index (χ3n) is 5.14. The van der Waals surface area contributed by atoms with E-state index in [0.29, 0.717) is 18.7 Å². The second-order valence-electron chi connectivity index (χ2n) is 7.16. The Balaban J connectivity index is 1.83. The average molecular weight is 433 g/mol. The lowest BCUT2D eigenvalue weighted by molar-refractivity contribution is 0.0744. The van der Waals surface area contributed by atoms with Crippen LogP contribution in [0, 0.1) is 0 Å². The molecule has 5 nitrogen and oxygen atoms in total. The molecule has 0 radical (unpaired) electrons. The van der Waals surface area contributed by atoms with E-state index in [1.54, 1.807) is 37.9 Å². The Hall–Kier alpha value is -3.09. The minimum atomic E-state index is -0.0550. The molecule has 0 atom stereocenters. The van der Waals surface area contributed by atoms with Gasteiger partial charge in [0, 0.05) is 47.2 Å². The first-order valence-electron chi connectivity index (χ1n) is 10.00. The topological polar surface area (TPSA) is 51.1 Å².